The molecular formula is C21H20. The Balaban J connectivity index is 1.93. The monoisotopic (exact) mass is 272 g/mol. The standard InChI is InChI=1S/C21H20/c1-14(2)16-5-7-17(8-6-16)20-12-19-10-9-18(15(3)4)11-21(19)13-20/h5-11,13H,1,3,12H2,2,4H3. The van der Waals surface area contributed by atoms with Crippen molar-refractivity contribution in [1.29, 1.82) is 0 Å². The molecule has 0 aromatic heterocycles. The molecule has 2 aromatic rings. The molecule has 0 amide bonds. The highest BCUT2D eigenvalue weighted by Gasteiger charge is 2.14. The van der Waals surface area contributed by atoms with Gasteiger partial charge in [0.25, 0.3) is 0 Å². The Kier molecular flexibility index (Phi) is 3.39. The van der Waals surface area contributed by atoms with E-state index in [2.05, 4.69) is 68.6 Å². The minimum atomic E-state index is 1.01. The van der Waals surface area contributed by atoms with E-state index in [9.17, 15) is 0 Å². The summed E-state index contributed by atoms with van der Waals surface area (Å²) in [7, 11) is 0. The van der Waals surface area contributed by atoms with Crippen LogP contribution in [0.25, 0.3) is 22.8 Å². The first-order valence-corrected chi connectivity index (χ1v) is 7.30. The van der Waals surface area contributed by atoms with Crippen molar-refractivity contribution in [3.8, 4) is 0 Å². The molecule has 0 unspecified atom stereocenters. The van der Waals surface area contributed by atoms with Gasteiger partial charge in [-0.2, -0.15) is 0 Å². The van der Waals surface area contributed by atoms with Gasteiger partial charge in [0.15, 0.2) is 0 Å². The summed E-state index contributed by atoms with van der Waals surface area (Å²) in [5, 5.41) is 0. The molecule has 104 valence electrons. The summed E-state index contributed by atoms with van der Waals surface area (Å²) in [6, 6.07) is 15.3. The number of allylic oxidation sites excluding steroid dienone is 3. The highest BCUT2D eigenvalue weighted by Crippen LogP contribution is 2.33. The average molecular weight is 272 g/mol. The number of rotatable bonds is 3. The third-order valence-corrected chi connectivity index (χ3v) is 4.10. The molecule has 3 rings (SSSR count). The van der Waals surface area contributed by atoms with Gasteiger partial charge in [-0.25, -0.2) is 0 Å². The summed E-state index contributed by atoms with van der Waals surface area (Å²) in [5.41, 5.74) is 10.1. The molecule has 0 nitrogen and oxygen atoms in total. The van der Waals surface area contributed by atoms with Gasteiger partial charge in [-0.3, -0.25) is 0 Å². The lowest BCUT2D eigenvalue weighted by molar-refractivity contribution is 1.31. The summed E-state index contributed by atoms with van der Waals surface area (Å²) in [5.74, 6) is 0. The molecule has 21 heavy (non-hydrogen) atoms. The molecule has 0 heterocycles. The second kappa shape index (κ2) is 5.21. The van der Waals surface area contributed by atoms with E-state index in [1.807, 2.05) is 6.92 Å². The van der Waals surface area contributed by atoms with E-state index in [1.165, 1.54) is 33.4 Å². The fraction of sp³-hybridized carbons (Fsp3) is 0.143. The molecule has 0 N–H and O–H groups in total. The van der Waals surface area contributed by atoms with Crippen LogP contribution in [0, 0.1) is 0 Å². The van der Waals surface area contributed by atoms with Crippen LogP contribution in [0.5, 0.6) is 0 Å². The first-order valence-electron chi connectivity index (χ1n) is 7.30. The van der Waals surface area contributed by atoms with Gasteiger partial charge in [0.05, 0.1) is 0 Å². The first-order chi connectivity index (χ1) is 10.0. The number of hydrogen-bond acceptors (Lipinski definition) is 0. The molecule has 0 heteroatoms. The second-order valence-electron chi connectivity index (χ2n) is 5.90. The maximum absolute atomic E-state index is 4.03. The maximum atomic E-state index is 4.03. The SMILES string of the molecule is C=C(C)c1ccc(C2=Cc3cc(C(=C)C)ccc3C2)cc1. The first kappa shape index (κ1) is 13.6. The van der Waals surface area contributed by atoms with Crippen molar-refractivity contribution in [2.45, 2.75) is 20.3 Å². The van der Waals surface area contributed by atoms with Gasteiger partial charge in [0, 0.05) is 0 Å². The zero-order chi connectivity index (χ0) is 15.0. The van der Waals surface area contributed by atoms with E-state index in [-0.39, 0.29) is 0 Å². The van der Waals surface area contributed by atoms with Crippen LogP contribution in [-0.4, -0.2) is 0 Å². The van der Waals surface area contributed by atoms with E-state index < -0.39 is 0 Å². The fourth-order valence-electron chi connectivity index (χ4n) is 2.75. The van der Waals surface area contributed by atoms with Crippen molar-refractivity contribution in [3.05, 3.63) is 83.4 Å². The summed E-state index contributed by atoms with van der Waals surface area (Å²) in [6.45, 7) is 12.1. The number of fused-ring (bicyclic) bond motifs is 1. The van der Waals surface area contributed by atoms with Gasteiger partial charge >= 0.3 is 0 Å². The van der Waals surface area contributed by atoms with Crippen LogP contribution in [0.2, 0.25) is 0 Å². The molecule has 2 aromatic carbocycles. The number of hydrogen-bond donors (Lipinski definition) is 0. The molecule has 1 aliphatic carbocycles. The molecule has 1 aliphatic rings. The Morgan fingerprint density at radius 3 is 2.10 bits per heavy atom. The molecule has 0 radical (unpaired) electrons. The van der Waals surface area contributed by atoms with E-state index in [4.69, 9.17) is 0 Å². The van der Waals surface area contributed by atoms with Gasteiger partial charge in [-0.1, -0.05) is 66.8 Å². The van der Waals surface area contributed by atoms with E-state index in [0.717, 1.165) is 17.6 Å². The highest BCUT2D eigenvalue weighted by molar-refractivity contribution is 5.89. The molecular weight excluding hydrogens is 252 g/mol. The van der Waals surface area contributed by atoms with Crippen LogP contribution in [0.4, 0.5) is 0 Å². The van der Waals surface area contributed by atoms with Crippen molar-refractivity contribution in [1.82, 2.24) is 0 Å². The minimum absolute atomic E-state index is 1.01. The predicted octanol–water partition coefficient (Wildman–Crippen LogP) is 5.85. The average Bonchev–Trinajstić information content (AvgIpc) is 2.90. The summed E-state index contributed by atoms with van der Waals surface area (Å²) < 4.78 is 0. The lowest BCUT2D eigenvalue weighted by Crippen LogP contribution is -1.87. The van der Waals surface area contributed by atoms with Crippen molar-refractivity contribution < 1.29 is 0 Å². The van der Waals surface area contributed by atoms with Crippen LogP contribution < -0.4 is 0 Å². The van der Waals surface area contributed by atoms with Crippen molar-refractivity contribution in [2.24, 2.45) is 0 Å². The van der Waals surface area contributed by atoms with E-state index in [0.29, 0.717) is 0 Å². The zero-order valence-electron chi connectivity index (χ0n) is 12.7. The fourth-order valence-corrected chi connectivity index (χ4v) is 2.75. The van der Waals surface area contributed by atoms with E-state index in [1.54, 1.807) is 0 Å². The Morgan fingerprint density at radius 1 is 0.857 bits per heavy atom. The molecule has 0 saturated heterocycles. The third-order valence-electron chi connectivity index (χ3n) is 4.10. The third kappa shape index (κ3) is 2.62. The van der Waals surface area contributed by atoms with Crippen LogP contribution in [0.3, 0.4) is 0 Å². The Labute approximate surface area is 127 Å². The summed E-state index contributed by atoms with van der Waals surface area (Å²) >= 11 is 0. The molecule has 0 atom stereocenters. The lowest BCUT2D eigenvalue weighted by atomic mass is 10.00. The second-order valence-corrected chi connectivity index (χ2v) is 5.90. The van der Waals surface area contributed by atoms with Gasteiger partial charge in [0.2, 0.25) is 0 Å². The van der Waals surface area contributed by atoms with Crippen molar-refractivity contribution in [3.63, 3.8) is 0 Å². The van der Waals surface area contributed by atoms with Gasteiger partial charge < -0.3 is 0 Å². The van der Waals surface area contributed by atoms with Crippen molar-refractivity contribution >= 4 is 22.8 Å². The molecule has 0 spiro atoms. The summed E-state index contributed by atoms with van der Waals surface area (Å²) in [6.07, 6.45) is 3.32. The maximum Gasteiger partial charge on any atom is -0.00137 e. The van der Waals surface area contributed by atoms with Crippen LogP contribution in [-0.2, 0) is 6.42 Å². The van der Waals surface area contributed by atoms with Gasteiger partial charge in [-0.15, -0.1) is 0 Å². The van der Waals surface area contributed by atoms with Crippen molar-refractivity contribution in [2.75, 3.05) is 0 Å². The Bertz CT molecular complexity index is 755. The Hall–Kier alpha value is -2.34. The highest BCUT2D eigenvalue weighted by atomic mass is 14.2. The molecule has 0 fully saturated rings. The predicted molar refractivity (Wildman–Crippen MR) is 93.9 cm³/mol. The van der Waals surface area contributed by atoms with Crippen LogP contribution >= 0.6 is 0 Å². The van der Waals surface area contributed by atoms with E-state index >= 15 is 0 Å². The van der Waals surface area contributed by atoms with Gasteiger partial charge in [-0.05, 0) is 59.7 Å². The normalized spacial score (nSPS) is 12.8. The van der Waals surface area contributed by atoms with Gasteiger partial charge in [0.1, 0.15) is 0 Å². The smallest absolute Gasteiger partial charge is 0.00137 e. The topological polar surface area (TPSA) is 0 Å². The molecule has 0 aliphatic heterocycles. The summed E-state index contributed by atoms with van der Waals surface area (Å²) in [4.78, 5) is 0. The molecule has 0 bridgehead atoms. The quantitative estimate of drug-likeness (QED) is 0.657. The lowest BCUT2D eigenvalue weighted by Gasteiger charge is -2.05. The Morgan fingerprint density at radius 2 is 1.48 bits per heavy atom. The molecule has 0 saturated carbocycles. The largest absolute Gasteiger partial charge is 0.0955 e. The van der Waals surface area contributed by atoms with Crippen LogP contribution in [0.1, 0.15) is 41.7 Å². The number of benzene rings is 2. The minimum Gasteiger partial charge on any atom is -0.0955 e. The van der Waals surface area contributed by atoms with Crippen LogP contribution in [0.15, 0.2) is 55.6 Å². The zero-order valence-corrected chi connectivity index (χ0v) is 12.7.